The van der Waals surface area contributed by atoms with Crippen molar-refractivity contribution in [2.24, 2.45) is 5.92 Å². The number of rotatable bonds is 2. The molecular formula is C10H10O3. The molecule has 0 saturated carbocycles. The van der Waals surface area contributed by atoms with Crippen LogP contribution in [0.1, 0.15) is 18.3 Å². The molecule has 3 heteroatoms. The van der Waals surface area contributed by atoms with E-state index in [0.717, 1.165) is 0 Å². The third-order valence-electron chi connectivity index (χ3n) is 2.25. The predicted octanol–water partition coefficient (Wildman–Crippen LogP) is 1.46. The van der Waals surface area contributed by atoms with Crippen LogP contribution in [0.2, 0.25) is 0 Å². The van der Waals surface area contributed by atoms with Crippen LogP contribution in [0.4, 0.5) is 0 Å². The van der Waals surface area contributed by atoms with Gasteiger partial charge in [-0.1, -0.05) is 6.08 Å². The van der Waals surface area contributed by atoms with Crippen molar-refractivity contribution in [2.75, 3.05) is 0 Å². The van der Waals surface area contributed by atoms with Crippen molar-refractivity contribution < 1.29 is 14.3 Å². The highest BCUT2D eigenvalue weighted by atomic mass is 16.4. The zero-order valence-electron chi connectivity index (χ0n) is 7.01. The normalized spacial score (nSPS) is 23.8. The van der Waals surface area contributed by atoms with Crippen molar-refractivity contribution >= 4 is 5.78 Å². The van der Waals surface area contributed by atoms with Crippen molar-refractivity contribution in [3.05, 3.63) is 36.3 Å². The van der Waals surface area contributed by atoms with Crippen LogP contribution in [0.15, 0.2) is 35.0 Å². The summed E-state index contributed by atoms with van der Waals surface area (Å²) in [4.78, 5) is 11.2. The fourth-order valence-corrected chi connectivity index (χ4v) is 1.51. The standard InChI is InChI=1S/C10H10O3/c11-8-4-1-3-7(8)10(12)9-5-2-6-13-9/h1-2,4-7,10,12H,3H2/t7-,10-/m1/s1. The zero-order valence-corrected chi connectivity index (χ0v) is 7.01. The van der Waals surface area contributed by atoms with Crippen molar-refractivity contribution in [2.45, 2.75) is 12.5 Å². The molecule has 1 aliphatic carbocycles. The van der Waals surface area contributed by atoms with Gasteiger partial charge in [0.1, 0.15) is 11.9 Å². The van der Waals surface area contributed by atoms with Crippen molar-refractivity contribution in [3.63, 3.8) is 0 Å². The Morgan fingerprint density at radius 3 is 3.00 bits per heavy atom. The van der Waals surface area contributed by atoms with Gasteiger partial charge >= 0.3 is 0 Å². The summed E-state index contributed by atoms with van der Waals surface area (Å²) in [6, 6.07) is 3.38. The molecule has 1 N–H and O–H groups in total. The van der Waals surface area contributed by atoms with Gasteiger partial charge in [-0.2, -0.15) is 0 Å². The monoisotopic (exact) mass is 178 g/mol. The summed E-state index contributed by atoms with van der Waals surface area (Å²) in [6.07, 6.45) is 4.57. The van der Waals surface area contributed by atoms with Crippen LogP contribution < -0.4 is 0 Å². The van der Waals surface area contributed by atoms with Crippen LogP contribution in [0.5, 0.6) is 0 Å². The van der Waals surface area contributed by atoms with Gasteiger partial charge in [0.2, 0.25) is 0 Å². The number of allylic oxidation sites excluding steroid dienone is 2. The number of furan rings is 1. The molecule has 0 saturated heterocycles. The highest BCUT2D eigenvalue weighted by Gasteiger charge is 2.29. The molecule has 1 aliphatic rings. The molecule has 2 rings (SSSR count). The Balaban J connectivity index is 2.14. The maximum atomic E-state index is 11.2. The fraction of sp³-hybridized carbons (Fsp3) is 0.300. The molecule has 13 heavy (non-hydrogen) atoms. The smallest absolute Gasteiger partial charge is 0.161 e. The molecule has 1 aromatic rings. The number of hydrogen-bond donors (Lipinski definition) is 1. The number of carbonyl (C=O) groups is 1. The third kappa shape index (κ3) is 1.42. The molecule has 1 heterocycles. The second-order valence-electron chi connectivity index (χ2n) is 3.11. The highest BCUT2D eigenvalue weighted by molar-refractivity contribution is 5.94. The molecule has 0 spiro atoms. The number of aliphatic hydroxyl groups is 1. The Hall–Kier alpha value is -1.35. The van der Waals surface area contributed by atoms with Gasteiger partial charge in [0, 0.05) is 0 Å². The van der Waals surface area contributed by atoms with Crippen LogP contribution in [-0.4, -0.2) is 10.9 Å². The van der Waals surface area contributed by atoms with Crippen LogP contribution in [0.3, 0.4) is 0 Å². The molecule has 0 fully saturated rings. The van der Waals surface area contributed by atoms with Crippen LogP contribution in [-0.2, 0) is 4.79 Å². The topological polar surface area (TPSA) is 50.4 Å². The lowest BCUT2D eigenvalue weighted by Gasteiger charge is -2.13. The average molecular weight is 178 g/mol. The highest BCUT2D eigenvalue weighted by Crippen LogP contribution is 2.29. The second kappa shape index (κ2) is 3.18. The predicted molar refractivity (Wildman–Crippen MR) is 45.9 cm³/mol. The van der Waals surface area contributed by atoms with Gasteiger partial charge in [0.05, 0.1) is 12.2 Å². The van der Waals surface area contributed by atoms with Crippen LogP contribution in [0.25, 0.3) is 0 Å². The van der Waals surface area contributed by atoms with E-state index in [9.17, 15) is 9.90 Å². The number of ketones is 1. The van der Waals surface area contributed by atoms with Crippen molar-refractivity contribution in [1.82, 2.24) is 0 Å². The van der Waals surface area contributed by atoms with E-state index in [1.165, 1.54) is 12.3 Å². The number of hydrogen-bond acceptors (Lipinski definition) is 3. The molecule has 0 aliphatic heterocycles. The van der Waals surface area contributed by atoms with Gasteiger partial charge in [-0.3, -0.25) is 4.79 Å². The first-order valence-corrected chi connectivity index (χ1v) is 4.21. The van der Waals surface area contributed by atoms with E-state index in [1.54, 1.807) is 18.2 Å². The molecule has 68 valence electrons. The van der Waals surface area contributed by atoms with Gasteiger partial charge in [-0.05, 0) is 24.6 Å². The summed E-state index contributed by atoms with van der Waals surface area (Å²) in [7, 11) is 0. The first kappa shape index (κ1) is 8.26. The molecule has 0 unspecified atom stereocenters. The minimum absolute atomic E-state index is 0.0242. The van der Waals surface area contributed by atoms with Gasteiger partial charge in [0.25, 0.3) is 0 Å². The molecule has 0 amide bonds. The molecule has 3 nitrogen and oxygen atoms in total. The number of aliphatic hydroxyl groups excluding tert-OH is 1. The van der Waals surface area contributed by atoms with Crippen molar-refractivity contribution in [1.29, 1.82) is 0 Å². The minimum atomic E-state index is -0.808. The summed E-state index contributed by atoms with van der Waals surface area (Å²) >= 11 is 0. The van der Waals surface area contributed by atoms with E-state index in [4.69, 9.17) is 4.42 Å². The van der Waals surface area contributed by atoms with E-state index in [1.807, 2.05) is 0 Å². The quantitative estimate of drug-likeness (QED) is 0.745. The Kier molecular flexibility index (Phi) is 2.02. The largest absolute Gasteiger partial charge is 0.467 e. The fourth-order valence-electron chi connectivity index (χ4n) is 1.51. The molecule has 0 bridgehead atoms. The van der Waals surface area contributed by atoms with E-state index in [2.05, 4.69) is 0 Å². The summed E-state index contributed by atoms with van der Waals surface area (Å²) in [5, 5.41) is 9.72. The zero-order chi connectivity index (χ0) is 9.26. The lowest BCUT2D eigenvalue weighted by molar-refractivity contribution is -0.121. The summed E-state index contributed by atoms with van der Waals surface area (Å²) in [5.74, 6) is 0.0806. The molecular weight excluding hydrogens is 168 g/mol. The molecule has 0 radical (unpaired) electrons. The lowest BCUT2D eigenvalue weighted by atomic mass is 9.97. The SMILES string of the molecule is O=C1C=CC[C@H]1[C@@H](O)c1ccco1. The van der Waals surface area contributed by atoms with Crippen molar-refractivity contribution in [3.8, 4) is 0 Å². The Morgan fingerprint density at radius 2 is 2.46 bits per heavy atom. The average Bonchev–Trinajstić information content (AvgIpc) is 2.72. The summed E-state index contributed by atoms with van der Waals surface area (Å²) < 4.78 is 5.03. The maximum Gasteiger partial charge on any atom is 0.161 e. The summed E-state index contributed by atoms with van der Waals surface area (Å²) in [6.45, 7) is 0. The van der Waals surface area contributed by atoms with Gasteiger partial charge < -0.3 is 9.52 Å². The molecule has 0 aromatic carbocycles. The Bertz CT molecular complexity index is 324. The molecule has 2 atom stereocenters. The number of carbonyl (C=O) groups excluding carboxylic acids is 1. The third-order valence-corrected chi connectivity index (χ3v) is 2.25. The Labute approximate surface area is 75.7 Å². The van der Waals surface area contributed by atoms with E-state index in [-0.39, 0.29) is 11.7 Å². The summed E-state index contributed by atoms with van der Waals surface area (Å²) in [5.41, 5.74) is 0. The van der Waals surface area contributed by atoms with E-state index < -0.39 is 6.10 Å². The Morgan fingerprint density at radius 1 is 1.62 bits per heavy atom. The maximum absolute atomic E-state index is 11.2. The van der Waals surface area contributed by atoms with Gasteiger partial charge in [-0.25, -0.2) is 0 Å². The van der Waals surface area contributed by atoms with Gasteiger partial charge in [-0.15, -0.1) is 0 Å². The van der Waals surface area contributed by atoms with E-state index in [0.29, 0.717) is 12.2 Å². The minimum Gasteiger partial charge on any atom is -0.467 e. The molecule has 1 aromatic heterocycles. The second-order valence-corrected chi connectivity index (χ2v) is 3.11. The first-order valence-electron chi connectivity index (χ1n) is 4.21. The first-order chi connectivity index (χ1) is 6.29. The van der Waals surface area contributed by atoms with Crippen LogP contribution >= 0.6 is 0 Å². The van der Waals surface area contributed by atoms with Gasteiger partial charge in [0.15, 0.2) is 5.78 Å². The van der Waals surface area contributed by atoms with E-state index >= 15 is 0 Å². The lowest BCUT2D eigenvalue weighted by Crippen LogP contribution is -2.16. The van der Waals surface area contributed by atoms with Crippen LogP contribution in [0, 0.1) is 5.92 Å².